The topological polar surface area (TPSA) is 40.9 Å². The zero-order valence-corrected chi connectivity index (χ0v) is 12.3. The molecule has 4 heteroatoms. The lowest BCUT2D eigenvalue weighted by Gasteiger charge is -2.23. The molecule has 0 bridgehead atoms. The molecule has 94 valence electrons. The number of hydrogen-bond donors (Lipinski definition) is 1. The summed E-state index contributed by atoms with van der Waals surface area (Å²) in [5.41, 5.74) is 2.17. The predicted octanol–water partition coefficient (Wildman–Crippen LogP) is 4.38. The standard InChI is InChI=1S/C14H13BrClNO/c1-8-2-5-13(16)14(17)12(7-18)11-6-9(15)3-4-10(8)11/h3-8,12,17H,2H2,1H3/b13-5-,17-14?. The summed E-state index contributed by atoms with van der Waals surface area (Å²) in [6.45, 7) is 2.10. The molecule has 18 heavy (non-hydrogen) atoms. The van der Waals surface area contributed by atoms with Gasteiger partial charge in [0.25, 0.3) is 0 Å². The first-order valence-electron chi connectivity index (χ1n) is 5.73. The third kappa shape index (κ3) is 2.43. The van der Waals surface area contributed by atoms with Gasteiger partial charge in [0.15, 0.2) is 0 Å². The number of fused-ring (bicyclic) bond motifs is 1. The molecule has 0 aliphatic heterocycles. The molecular weight excluding hydrogens is 314 g/mol. The van der Waals surface area contributed by atoms with E-state index in [0.29, 0.717) is 5.03 Å². The summed E-state index contributed by atoms with van der Waals surface area (Å²) in [5.74, 6) is -0.290. The van der Waals surface area contributed by atoms with E-state index in [4.69, 9.17) is 17.0 Å². The monoisotopic (exact) mass is 325 g/mol. The third-order valence-corrected chi connectivity index (χ3v) is 4.12. The van der Waals surface area contributed by atoms with Crippen molar-refractivity contribution in [3.8, 4) is 0 Å². The summed E-state index contributed by atoms with van der Waals surface area (Å²) < 4.78 is 0.911. The summed E-state index contributed by atoms with van der Waals surface area (Å²) in [6.07, 6.45) is 3.40. The molecule has 0 heterocycles. The number of hydrogen-bond acceptors (Lipinski definition) is 2. The van der Waals surface area contributed by atoms with Crippen LogP contribution in [0.1, 0.15) is 36.3 Å². The zero-order valence-electron chi connectivity index (χ0n) is 9.91. The first-order chi connectivity index (χ1) is 8.54. The molecule has 1 aliphatic carbocycles. The highest BCUT2D eigenvalue weighted by atomic mass is 79.9. The highest BCUT2D eigenvalue weighted by Crippen LogP contribution is 2.35. The van der Waals surface area contributed by atoms with Gasteiger partial charge in [0.05, 0.1) is 16.7 Å². The molecule has 0 spiro atoms. The van der Waals surface area contributed by atoms with E-state index in [1.165, 1.54) is 0 Å². The fourth-order valence-corrected chi connectivity index (χ4v) is 2.81. The van der Waals surface area contributed by atoms with Gasteiger partial charge in [-0.1, -0.05) is 46.6 Å². The van der Waals surface area contributed by atoms with Gasteiger partial charge in [-0.25, -0.2) is 0 Å². The Morgan fingerprint density at radius 2 is 2.17 bits per heavy atom. The van der Waals surface area contributed by atoms with Gasteiger partial charge in [-0.05, 0) is 35.6 Å². The van der Waals surface area contributed by atoms with Crippen molar-refractivity contribution >= 4 is 39.5 Å². The third-order valence-electron chi connectivity index (χ3n) is 3.27. The number of halogens is 2. The van der Waals surface area contributed by atoms with Crippen LogP contribution in [0, 0.1) is 5.41 Å². The van der Waals surface area contributed by atoms with Crippen molar-refractivity contribution in [1.29, 1.82) is 5.41 Å². The molecule has 1 aromatic carbocycles. The second kappa shape index (κ2) is 5.37. The Bertz CT molecular complexity index is 539. The molecule has 0 radical (unpaired) electrons. The van der Waals surface area contributed by atoms with Crippen molar-refractivity contribution < 1.29 is 4.79 Å². The average molecular weight is 327 g/mol. The zero-order chi connectivity index (χ0) is 13.3. The van der Waals surface area contributed by atoms with E-state index in [2.05, 4.69) is 22.9 Å². The second-order valence-electron chi connectivity index (χ2n) is 4.49. The largest absolute Gasteiger partial charge is 0.303 e. The summed E-state index contributed by atoms with van der Waals surface area (Å²) in [7, 11) is 0. The van der Waals surface area contributed by atoms with Crippen LogP contribution in [0.5, 0.6) is 0 Å². The minimum absolute atomic E-state index is 0.179. The number of rotatable bonds is 1. The van der Waals surface area contributed by atoms with Crippen LogP contribution < -0.4 is 0 Å². The van der Waals surface area contributed by atoms with Gasteiger partial charge in [0.2, 0.25) is 0 Å². The maximum atomic E-state index is 11.3. The fourth-order valence-electron chi connectivity index (χ4n) is 2.23. The van der Waals surface area contributed by atoms with Crippen LogP contribution >= 0.6 is 27.5 Å². The van der Waals surface area contributed by atoms with Crippen LogP contribution in [0.2, 0.25) is 0 Å². The first-order valence-corrected chi connectivity index (χ1v) is 6.90. The van der Waals surface area contributed by atoms with E-state index in [1.807, 2.05) is 24.3 Å². The lowest BCUT2D eigenvalue weighted by atomic mass is 9.83. The average Bonchev–Trinajstić information content (AvgIpc) is 2.35. The van der Waals surface area contributed by atoms with E-state index >= 15 is 0 Å². The maximum Gasteiger partial charge on any atom is 0.133 e. The van der Waals surface area contributed by atoms with Gasteiger partial charge < -0.3 is 10.2 Å². The SMILES string of the molecule is CC1C/C=C(\Cl)C(=N)C(C=O)c2cc(Br)ccc21. The van der Waals surface area contributed by atoms with E-state index < -0.39 is 5.92 Å². The second-order valence-corrected chi connectivity index (χ2v) is 5.81. The van der Waals surface area contributed by atoms with Crippen LogP contribution in [0.25, 0.3) is 0 Å². The summed E-state index contributed by atoms with van der Waals surface area (Å²) in [4.78, 5) is 11.3. The van der Waals surface area contributed by atoms with Gasteiger partial charge in [-0.3, -0.25) is 0 Å². The first kappa shape index (κ1) is 13.5. The molecule has 2 rings (SSSR count). The number of nitrogens with one attached hydrogen (secondary N) is 1. The molecule has 0 saturated heterocycles. The van der Waals surface area contributed by atoms with Gasteiger partial charge in [0, 0.05) is 4.47 Å². The predicted molar refractivity (Wildman–Crippen MR) is 77.6 cm³/mol. The van der Waals surface area contributed by atoms with Crippen molar-refractivity contribution in [3.63, 3.8) is 0 Å². The molecular formula is C14H13BrClNO. The van der Waals surface area contributed by atoms with Crippen LogP contribution in [-0.2, 0) is 4.79 Å². The Morgan fingerprint density at radius 3 is 2.83 bits per heavy atom. The van der Waals surface area contributed by atoms with Crippen molar-refractivity contribution in [3.05, 3.63) is 44.9 Å². The number of aldehydes is 1. The summed E-state index contributed by atoms with van der Waals surface area (Å²) in [5, 5.41) is 8.39. The maximum absolute atomic E-state index is 11.3. The quantitative estimate of drug-likeness (QED) is 0.764. The van der Waals surface area contributed by atoms with Gasteiger partial charge in [0.1, 0.15) is 6.29 Å². The van der Waals surface area contributed by atoms with Crippen molar-refractivity contribution in [2.24, 2.45) is 0 Å². The van der Waals surface area contributed by atoms with Crippen molar-refractivity contribution in [2.75, 3.05) is 0 Å². The normalized spacial score (nSPS) is 26.6. The lowest BCUT2D eigenvalue weighted by Crippen LogP contribution is -2.18. The van der Waals surface area contributed by atoms with E-state index in [0.717, 1.165) is 28.3 Å². The highest BCUT2D eigenvalue weighted by molar-refractivity contribution is 9.10. The molecule has 0 saturated carbocycles. The molecule has 2 unspecified atom stereocenters. The Balaban J connectivity index is 2.63. The minimum atomic E-state index is -0.580. The van der Waals surface area contributed by atoms with Gasteiger partial charge in [-0.2, -0.15) is 0 Å². The number of benzene rings is 1. The number of carbonyl (C=O) groups is 1. The molecule has 0 amide bonds. The van der Waals surface area contributed by atoms with E-state index in [-0.39, 0.29) is 11.6 Å². The van der Waals surface area contributed by atoms with E-state index in [9.17, 15) is 4.79 Å². The number of allylic oxidation sites excluding steroid dienone is 2. The van der Waals surface area contributed by atoms with Crippen molar-refractivity contribution in [1.82, 2.24) is 0 Å². The molecule has 1 aliphatic rings. The summed E-state index contributed by atoms with van der Waals surface area (Å²) >= 11 is 9.47. The summed E-state index contributed by atoms with van der Waals surface area (Å²) in [6, 6.07) is 5.89. The smallest absolute Gasteiger partial charge is 0.133 e. The minimum Gasteiger partial charge on any atom is -0.303 e. The molecule has 1 N–H and O–H groups in total. The highest BCUT2D eigenvalue weighted by Gasteiger charge is 2.25. The Morgan fingerprint density at radius 1 is 1.44 bits per heavy atom. The van der Waals surface area contributed by atoms with Crippen LogP contribution in [0.4, 0.5) is 0 Å². The molecule has 0 fully saturated rings. The van der Waals surface area contributed by atoms with Crippen LogP contribution in [-0.4, -0.2) is 12.0 Å². The van der Waals surface area contributed by atoms with Crippen LogP contribution in [0.3, 0.4) is 0 Å². The molecule has 2 atom stereocenters. The molecule has 0 aromatic heterocycles. The lowest BCUT2D eigenvalue weighted by molar-refractivity contribution is -0.107. The molecule has 2 nitrogen and oxygen atoms in total. The van der Waals surface area contributed by atoms with Gasteiger partial charge >= 0.3 is 0 Å². The molecule has 1 aromatic rings. The van der Waals surface area contributed by atoms with Crippen molar-refractivity contribution in [2.45, 2.75) is 25.2 Å². The Kier molecular flexibility index (Phi) is 4.03. The van der Waals surface area contributed by atoms with E-state index in [1.54, 1.807) is 0 Å². The van der Waals surface area contributed by atoms with Crippen LogP contribution in [0.15, 0.2) is 33.8 Å². The number of carbonyl (C=O) groups excluding carboxylic acids is 1. The Labute approximate surface area is 120 Å². The Hall–Kier alpha value is -0.930. The van der Waals surface area contributed by atoms with Gasteiger partial charge in [-0.15, -0.1) is 0 Å². The fraction of sp³-hybridized carbons (Fsp3) is 0.286.